The third kappa shape index (κ3) is 3.41. The fourth-order valence-corrected chi connectivity index (χ4v) is 2.30. The van der Waals surface area contributed by atoms with E-state index in [0.717, 1.165) is 16.8 Å². The van der Waals surface area contributed by atoms with Crippen LogP contribution in [0.15, 0.2) is 42.5 Å². The number of aryl methyl sites for hydroxylation is 1. The molecule has 1 N–H and O–H groups in total. The molecule has 0 aliphatic rings. The van der Waals surface area contributed by atoms with E-state index in [1.165, 1.54) is 0 Å². The lowest BCUT2D eigenvalue weighted by Crippen LogP contribution is -2.09. The Morgan fingerprint density at radius 2 is 1.84 bits per heavy atom. The van der Waals surface area contributed by atoms with Crippen molar-refractivity contribution < 1.29 is 0 Å². The summed E-state index contributed by atoms with van der Waals surface area (Å²) in [5, 5.41) is 13.8. The van der Waals surface area contributed by atoms with E-state index in [2.05, 4.69) is 11.4 Å². The molecule has 0 bridgehead atoms. The fourth-order valence-electron chi connectivity index (χ4n) is 1.89. The van der Waals surface area contributed by atoms with Crippen LogP contribution < -0.4 is 5.32 Å². The van der Waals surface area contributed by atoms with Crippen LogP contribution in [0.25, 0.3) is 0 Å². The van der Waals surface area contributed by atoms with Crippen LogP contribution in [0.2, 0.25) is 10.0 Å². The highest BCUT2D eigenvalue weighted by Crippen LogP contribution is 2.25. The molecule has 1 unspecified atom stereocenters. The Kier molecular flexibility index (Phi) is 4.31. The maximum absolute atomic E-state index is 9.33. The minimum atomic E-state index is -0.435. The van der Waals surface area contributed by atoms with Crippen molar-refractivity contribution >= 4 is 28.9 Å². The van der Waals surface area contributed by atoms with Gasteiger partial charge in [0.25, 0.3) is 0 Å². The molecule has 1 atom stereocenters. The van der Waals surface area contributed by atoms with Gasteiger partial charge < -0.3 is 5.32 Å². The highest BCUT2D eigenvalue weighted by molar-refractivity contribution is 6.31. The quantitative estimate of drug-likeness (QED) is 0.865. The van der Waals surface area contributed by atoms with E-state index >= 15 is 0 Å². The summed E-state index contributed by atoms with van der Waals surface area (Å²) < 4.78 is 0. The monoisotopic (exact) mass is 290 g/mol. The first-order valence-corrected chi connectivity index (χ1v) is 6.53. The minimum absolute atomic E-state index is 0.435. The molecule has 2 nitrogen and oxygen atoms in total. The van der Waals surface area contributed by atoms with Crippen molar-refractivity contribution in [3.8, 4) is 6.07 Å². The molecule has 0 fully saturated rings. The van der Waals surface area contributed by atoms with Crippen molar-refractivity contribution in [2.75, 3.05) is 5.32 Å². The summed E-state index contributed by atoms with van der Waals surface area (Å²) in [4.78, 5) is 0. The first-order valence-electron chi connectivity index (χ1n) is 5.78. The SMILES string of the molecule is Cc1cc(Cl)ccc1C(C#N)Nc1cccc(Cl)c1. The molecule has 0 saturated carbocycles. The first kappa shape index (κ1) is 13.7. The zero-order valence-corrected chi connectivity index (χ0v) is 11.8. The topological polar surface area (TPSA) is 35.8 Å². The van der Waals surface area contributed by atoms with Gasteiger partial charge in [0.2, 0.25) is 0 Å². The van der Waals surface area contributed by atoms with E-state index in [4.69, 9.17) is 23.2 Å². The van der Waals surface area contributed by atoms with E-state index in [0.29, 0.717) is 10.0 Å². The average Bonchev–Trinajstić information content (AvgIpc) is 2.37. The summed E-state index contributed by atoms with van der Waals surface area (Å²) >= 11 is 11.9. The first-order chi connectivity index (χ1) is 9.10. The largest absolute Gasteiger partial charge is 0.366 e. The van der Waals surface area contributed by atoms with Gasteiger partial charge in [-0.05, 0) is 48.4 Å². The number of nitrogens with one attached hydrogen (secondary N) is 1. The highest BCUT2D eigenvalue weighted by atomic mass is 35.5. The molecule has 0 aromatic heterocycles. The molecular formula is C15H12Cl2N2. The van der Waals surface area contributed by atoms with E-state index in [1.807, 2.05) is 31.2 Å². The Hall–Kier alpha value is -1.69. The van der Waals surface area contributed by atoms with Crippen LogP contribution in [-0.2, 0) is 0 Å². The van der Waals surface area contributed by atoms with Gasteiger partial charge in [-0.15, -0.1) is 0 Å². The van der Waals surface area contributed by atoms with Gasteiger partial charge in [0.1, 0.15) is 6.04 Å². The van der Waals surface area contributed by atoms with Gasteiger partial charge in [0.15, 0.2) is 0 Å². The van der Waals surface area contributed by atoms with Crippen molar-refractivity contribution in [1.29, 1.82) is 5.26 Å². The molecule has 0 saturated heterocycles. The summed E-state index contributed by atoms with van der Waals surface area (Å²) in [6, 6.07) is 14.6. The Bertz CT molecular complexity index is 632. The van der Waals surface area contributed by atoms with Crippen molar-refractivity contribution in [3.05, 3.63) is 63.6 Å². The predicted molar refractivity (Wildman–Crippen MR) is 79.6 cm³/mol. The number of anilines is 1. The van der Waals surface area contributed by atoms with Crippen LogP contribution in [0, 0.1) is 18.3 Å². The van der Waals surface area contributed by atoms with Crippen molar-refractivity contribution in [3.63, 3.8) is 0 Å². The van der Waals surface area contributed by atoms with Crippen LogP contribution in [0.5, 0.6) is 0 Å². The number of nitriles is 1. The lowest BCUT2D eigenvalue weighted by molar-refractivity contribution is 0.982. The van der Waals surface area contributed by atoms with Crippen molar-refractivity contribution in [2.45, 2.75) is 13.0 Å². The number of nitrogens with zero attached hydrogens (tertiary/aromatic N) is 1. The van der Waals surface area contributed by atoms with Gasteiger partial charge in [-0.25, -0.2) is 0 Å². The van der Waals surface area contributed by atoms with Gasteiger partial charge in [-0.2, -0.15) is 5.26 Å². The number of benzene rings is 2. The van der Waals surface area contributed by atoms with Gasteiger partial charge in [-0.3, -0.25) is 0 Å². The van der Waals surface area contributed by atoms with Gasteiger partial charge in [0.05, 0.1) is 6.07 Å². The summed E-state index contributed by atoms with van der Waals surface area (Å²) in [5.74, 6) is 0. The Labute approximate surface area is 122 Å². The molecule has 2 aromatic rings. The van der Waals surface area contributed by atoms with Crippen molar-refractivity contribution in [1.82, 2.24) is 0 Å². The van der Waals surface area contributed by atoms with E-state index < -0.39 is 6.04 Å². The average molecular weight is 291 g/mol. The minimum Gasteiger partial charge on any atom is -0.366 e. The highest BCUT2D eigenvalue weighted by Gasteiger charge is 2.13. The van der Waals surface area contributed by atoms with Gasteiger partial charge >= 0.3 is 0 Å². The summed E-state index contributed by atoms with van der Waals surface area (Å²) in [7, 11) is 0. The third-order valence-corrected chi connectivity index (χ3v) is 3.28. The molecular weight excluding hydrogens is 279 g/mol. The number of halogens is 2. The molecule has 0 radical (unpaired) electrons. The molecule has 96 valence electrons. The molecule has 0 aliphatic carbocycles. The molecule has 0 amide bonds. The summed E-state index contributed by atoms with van der Waals surface area (Å²) in [6.07, 6.45) is 0. The van der Waals surface area contributed by atoms with E-state index in [9.17, 15) is 5.26 Å². The smallest absolute Gasteiger partial charge is 0.140 e. The molecule has 2 rings (SSSR count). The zero-order valence-electron chi connectivity index (χ0n) is 10.3. The molecule has 4 heteroatoms. The van der Waals surface area contributed by atoms with E-state index in [-0.39, 0.29) is 0 Å². The summed E-state index contributed by atoms with van der Waals surface area (Å²) in [5.41, 5.74) is 2.70. The molecule has 0 aliphatic heterocycles. The molecule has 2 aromatic carbocycles. The third-order valence-electron chi connectivity index (χ3n) is 2.81. The second kappa shape index (κ2) is 5.97. The molecule has 0 heterocycles. The Morgan fingerprint density at radius 3 is 2.47 bits per heavy atom. The Balaban J connectivity index is 2.28. The molecule has 0 spiro atoms. The maximum atomic E-state index is 9.33. The standard InChI is InChI=1S/C15H12Cl2N2/c1-10-7-12(17)5-6-14(10)15(9-18)19-13-4-2-3-11(16)8-13/h2-8,15,19H,1H3. The Morgan fingerprint density at radius 1 is 1.11 bits per heavy atom. The fraction of sp³-hybridized carbons (Fsp3) is 0.133. The normalized spacial score (nSPS) is 11.7. The van der Waals surface area contributed by atoms with Gasteiger partial charge in [0, 0.05) is 15.7 Å². The second-order valence-corrected chi connectivity index (χ2v) is 5.09. The lowest BCUT2D eigenvalue weighted by Gasteiger charge is -2.16. The zero-order chi connectivity index (χ0) is 13.8. The van der Waals surface area contributed by atoms with Crippen LogP contribution in [0.3, 0.4) is 0 Å². The summed E-state index contributed by atoms with van der Waals surface area (Å²) in [6.45, 7) is 1.94. The van der Waals surface area contributed by atoms with Crippen molar-refractivity contribution in [2.24, 2.45) is 0 Å². The van der Waals surface area contributed by atoms with E-state index in [1.54, 1.807) is 18.2 Å². The number of hydrogen-bond donors (Lipinski definition) is 1. The van der Waals surface area contributed by atoms with Crippen LogP contribution >= 0.6 is 23.2 Å². The van der Waals surface area contributed by atoms with Crippen LogP contribution in [0.4, 0.5) is 5.69 Å². The number of rotatable bonds is 3. The second-order valence-electron chi connectivity index (χ2n) is 4.22. The van der Waals surface area contributed by atoms with Gasteiger partial charge in [-0.1, -0.05) is 35.3 Å². The van der Waals surface area contributed by atoms with Crippen LogP contribution in [-0.4, -0.2) is 0 Å². The van der Waals surface area contributed by atoms with Crippen LogP contribution in [0.1, 0.15) is 17.2 Å². The maximum Gasteiger partial charge on any atom is 0.140 e. The number of hydrogen-bond acceptors (Lipinski definition) is 2. The lowest BCUT2D eigenvalue weighted by atomic mass is 10.0. The predicted octanol–water partition coefficient (Wildman–Crippen LogP) is 4.98. The molecule has 19 heavy (non-hydrogen) atoms.